The first kappa shape index (κ1) is 33.6. The highest BCUT2D eigenvalue weighted by Gasteiger charge is 2.43. The second kappa shape index (κ2) is 15.8. The quantitative estimate of drug-likeness (QED) is 0.0905. The molecular formula is C31H50O7. The van der Waals surface area contributed by atoms with Crippen LogP contribution in [0.4, 0.5) is 0 Å². The van der Waals surface area contributed by atoms with E-state index in [0.29, 0.717) is 24.0 Å². The summed E-state index contributed by atoms with van der Waals surface area (Å²) in [5, 5.41) is 0. The monoisotopic (exact) mass is 534 g/mol. The SMILES string of the molecule is C=C(C)C(=O)CCCOC(=O)C(C)CC1(CC)CCC(CC)(CC(C)C(=O)OCCOC(=O)C(=C)C)CC1. The maximum atomic E-state index is 12.6. The second-order valence-electron chi connectivity index (χ2n) is 11.5. The van der Waals surface area contributed by atoms with E-state index in [-0.39, 0.29) is 60.2 Å². The molecule has 1 fully saturated rings. The van der Waals surface area contributed by atoms with Crippen LogP contribution in [0.5, 0.6) is 0 Å². The van der Waals surface area contributed by atoms with Gasteiger partial charge in [0.25, 0.3) is 0 Å². The van der Waals surface area contributed by atoms with Gasteiger partial charge in [-0.05, 0) is 75.2 Å². The van der Waals surface area contributed by atoms with Crippen molar-refractivity contribution >= 4 is 23.7 Å². The summed E-state index contributed by atoms with van der Waals surface area (Å²) in [6, 6.07) is 0. The molecule has 0 amide bonds. The maximum absolute atomic E-state index is 12.6. The van der Waals surface area contributed by atoms with Gasteiger partial charge in [0.15, 0.2) is 5.78 Å². The fourth-order valence-electron chi connectivity index (χ4n) is 5.48. The van der Waals surface area contributed by atoms with Gasteiger partial charge in [-0.1, -0.05) is 53.7 Å². The van der Waals surface area contributed by atoms with E-state index in [9.17, 15) is 19.2 Å². The van der Waals surface area contributed by atoms with E-state index in [1.807, 2.05) is 13.8 Å². The third-order valence-electron chi connectivity index (χ3n) is 8.33. The maximum Gasteiger partial charge on any atom is 0.333 e. The number of allylic oxidation sites excluding steroid dienone is 1. The van der Waals surface area contributed by atoms with Gasteiger partial charge >= 0.3 is 17.9 Å². The molecule has 2 unspecified atom stereocenters. The summed E-state index contributed by atoms with van der Waals surface area (Å²) in [5.74, 6) is -1.39. The van der Waals surface area contributed by atoms with Crippen molar-refractivity contribution in [2.45, 2.75) is 106 Å². The molecule has 1 aliphatic carbocycles. The van der Waals surface area contributed by atoms with Crippen LogP contribution in [0, 0.1) is 22.7 Å². The van der Waals surface area contributed by atoms with Crippen LogP contribution in [0.2, 0.25) is 0 Å². The summed E-state index contributed by atoms with van der Waals surface area (Å²) in [4.78, 5) is 48.3. The smallest absolute Gasteiger partial charge is 0.333 e. The standard InChI is InChI=1S/C31H50O7/c1-9-30(20-24(7)28(34)36-17-11-12-26(32)22(3)4)13-15-31(10-2,16-14-30)21-25(8)29(35)38-19-18-37-27(33)23(5)6/h24-25H,3,5,9-21H2,1-2,4,6-8H3. The van der Waals surface area contributed by atoms with E-state index in [1.54, 1.807) is 13.8 Å². The highest BCUT2D eigenvalue weighted by atomic mass is 16.6. The zero-order valence-electron chi connectivity index (χ0n) is 24.6. The molecule has 1 aliphatic rings. The Kier molecular flexibility index (Phi) is 14.0. The van der Waals surface area contributed by atoms with Crippen LogP contribution in [-0.2, 0) is 33.4 Å². The Balaban J connectivity index is 2.56. The first-order valence-electron chi connectivity index (χ1n) is 14.1. The molecule has 1 saturated carbocycles. The molecule has 0 heterocycles. The molecule has 0 aromatic heterocycles. The minimum atomic E-state index is -0.488. The van der Waals surface area contributed by atoms with Gasteiger partial charge in [0.1, 0.15) is 13.2 Å². The minimum absolute atomic E-state index is 0.00678. The number of Topliss-reactive ketones (excluding diaryl/α,β-unsaturated/α-hetero) is 1. The Labute approximate surface area is 229 Å². The van der Waals surface area contributed by atoms with Crippen LogP contribution in [0.15, 0.2) is 24.3 Å². The first-order chi connectivity index (χ1) is 17.8. The molecule has 0 aromatic rings. The van der Waals surface area contributed by atoms with Gasteiger partial charge in [0.2, 0.25) is 0 Å². The molecule has 7 nitrogen and oxygen atoms in total. The van der Waals surface area contributed by atoms with Crippen LogP contribution in [0.3, 0.4) is 0 Å². The van der Waals surface area contributed by atoms with Crippen molar-refractivity contribution in [3.63, 3.8) is 0 Å². The lowest BCUT2D eigenvalue weighted by Crippen LogP contribution is -2.38. The predicted molar refractivity (Wildman–Crippen MR) is 148 cm³/mol. The molecule has 0 aromatic carbocycles. The van der Waals surface area contributed by atoms with Crippen LogP contribution < -0.4 is 0 Å². The Bertz CT molecular complexity index is 778. The van der Waals surface area contributed by atoms with Gasteiger partial charge in [-0.25, -0.2) is 4.79 Å². The summed E-state index contributed by atoms with van der Waals surface area (Å²) in [6.07, 6.45) is 8.44. The van der Waals surface area contributed by atoms with Gasteiger partial charge in [0, 0.05) is 12.0 Å². The van der Waals surface area contributed by atoms with Gasteiger partial charge < -0.3 is 14.2 Å². The van der Waals surface area contributed by atoms with Crippen molar-refractivity contribution in [1.82, 2.24) is 0 Å². The number of esters is 3. The van der Waals surface area contributed by atoms with Crippen molar-refractivity contribution in [2.75, 3.05) is 19.8 Å². The van der Waals surface area contributed by atoms with E-state index < -0.39 is 5.97 Å². The number of hydrogen-bond acceptors (Lipinski definition) is 7. The number of carbonyl (C=O) groups excluding carboxylic acids is 4. The fourth-order valence-corrected chi connectivity index (χ4v) is 5.48. The van der Waals surface area contributed by atoms with Gasteiger partial charge in [0.05, 0.1) is 18.4 Å². The molecule has 7 heteroatoms. The van der Waals surface area contributed by atoms with Crippen molar-refractivity contribution in [2.24, 2.45) is 22.7 Å². The summed E-state index contributed by atoms with van der Waals surface area (Å²) < 4.78 is 15.8. The van der Waals surface area contributed by atoms with E-state index in [4.69, 9.17) is 14.2 Å². The van der Waals surface area contributed by atoms with Crippen LogP contribution in [0.25, 0.3) is 0 Å². The van der Waals surface area contributed by atoms with Gasteiger partial charge in [-0.3, -0.25) is 14.4 Å². The van der Waals surface area contributed by atoms with Gasteiger partial charge in [-0.2, -0.15) is 0 Å². The topological polar surface area (TPSA) is 96.0 Å². The van der Waals surface area contributed by atoms with Crippen LogP contribution in [-0.4, -0.2) is 43.5 Å². The third-order valence-corrected chi connectivity index (χ3v) is 8.33. The zero-order valence-corrected chi connectivity index (χ0v) is 24.6. The van der Waals surface area contributed by atoms with Crippen LogP contribution >= 0.6 is 0 Å². The predicted octanol–water partition coefficient (Wildman–Crippen LogP) is 6.54. The van der Waals surface area contributed by atoms with E-state index in [0.717, 1.165) is 51.4 Å². The average molecular weight is 535 g/mol. The lowest BCUT2D eigenvalue weighted by atomic mass is 9.57. The molecular weight excluding hydrogens is 484 g/mol. The highest BCUT2D eigenvalue weighted by molar-refractivity contribution is 5.94. The molecule has 0 aliphatic heterocycles. The Morgan fingerprint density at radius 2 is 1.13 bits per heavy atom. The molecule has 216 valence electrons. The summed E-state index contributed by atoms with van der Waals surface area (Å²) in [6.45, 7) is 19.0. The number of hydrogen-bond donors (Lipinski definition) is 0. The van der Waals surface area contributed by atoms with Crippen molar-refractivity contribution in [1.29, 1.82) is 0 Å². The Morgan fingerprint density at radius 3 is 1.53 bits per heavy atom. The van der Waals surface area contributed by atoms with Crippen LogP contribution in [0.1, 0.15) is 106 Å². The number of ether oxygens (including phenoxy) is 3. The zero-order chi connectivity index (χ0) is 28.9. The Morgan fingerprint density at radius 1 is 0.711 bits per heavy atom. The second-order valence-corrected chi connectivity index (χ2v) is 11.5. The summed E-state index contributed by atoms with van der Waals surface area (Å²) in [7, 11) is 0. The molecule has 38 heavy (non-hydrogen) atoms. The number of carbonyl (C=O) groups is 4. The molecule has 2 atom stereocenters. The minimum Gasteiger partial charge on any atom is -0.465 e. The lowest BCUT2D eigenvalue weighted by Gasteiger charge is -2.48. The van der Waals surface area contributed by atoms with Crippen molar-refractivity contribution in [3.05, 3.63) is 24.3 Å². The molecule has 0 N–H and O–H groups in total. The molecule has 0 spiro atoms. The summed E-state index contributed by atoms with van der Waals surface area (Å²) >= 11 is 0. The van der Waals surface area contributed by atoms with E-state index in [1.165, 1.54) is 0 Å². The van der Waals surface area contributed by atoms with Gasteiger partial charge in [-0.15, -0.1) is 0 Å². The largest absolute Gasteiger partial charge is 0.465 e. The van der Waals surface area contributed by atoms with Crippen molar-refractivity contribution in [3.8, 4) is 0 Å². The number of rotatable bonds is 17. The van der Waals surface area contributed by atoms with E-state index in [2.05, 4.69) is 27.0 Å². The average Bonchev–Trinajstić information content (AvgIpc) is 2.89. The number of ketones is 1. The molecule has 0 saturated heterocycles. The van der Waals surface area contributed by atoms with Crippen molar-refractivity contribution < 1.29 is 33.4 Å². The normalized spacial score (nSPS) is 22.6. The Hall–Kier alpha value is -2.44. The molecule has 1 rings (SSSR count). The first-order valence-corrected chi connectivity index (χ1v) is 14.1. The summed E-state index contributed by atoms with van der Waals surface area (Å²) in [5.41, 5.74) is 1.00. The highest BCUT2D eigenvalue weighted by Crippen LogP contribution is 2.54. The fraction of sp³-hybridized carbons (Fsp3) is 0.742. The van der Waals surface area contributed by atoms with E-state index >= 15 is 0 Å². The molecule has 0 radical (unpaired) electrons. The molecule has 0 bridgehead atoms. The lowest BCUT2D eigenvalue weighted by molar-refractivity contribution is -0.154. The third kappa shape index (κ3) is 10.7.